The van der Waals surface area contributed by atoms with Crippen LogP contribution in [-0.2, 0) is 9.59 Å². The zero-order valence-corrected chi connectivity index (χ0v) is 13.9. The number of hydrogen-bond acceptors (Lipinski definition) is 2. The van der Waals surface area contributed by atoms with Crippen LogP contribution in [0.15, 0.2) is 40.9 Å². The summed E-state index contributed by atoms with van der Waals surface area (Å²) in [5, 5.41) is 2.92. The molecule has 0 aliphatic heterocycles. The molecule has 2 atom stereocenters. The van der Waals surface area contributed by atoms with Crippen molar-refractivity contribution < 1.29 is 9.59 Å². The fraction of sp³-hybridized carbons (Fsp3) is 0.412. The van der Waals surface area contributed by atoms with E-state index in [0.29, 0.717) is 12.8 Å². The normalized spacial score (nSPS) is 21.3. The lowest BCUT2D eigenvalue weighted by molar-refractivity contribution is -0.133. The van der Waals surface area contributed by atoms with Crippen molar-refractivity contribution in [2.75, 3.05) is 5.32 Å². The van der Waals surface area contributed by atoms with Gasteiger partial charge in [-0.2, -0.15) is 0 Å². The molecule has 0 radical (unpaired) electrons. The van der Waals surface area contributed by atoms with Gasteiger partial charge in [-0.3, -0.25) is 9.59 Å². The quantitative estimate of drug-likeness (QED) is 0.828. The number of allylic oxidation sites excluding steroid dienone is 2. The molecule has 1 N–H and O–H groups in total. The number of nitrogens with one attached hydrogen (secondary N) is 1. The van der Waals surface area contributed by atoms with Crippen molar-refractivity contribution >= 4 is 33.3 Å². The monoisotopic (exact) mass is 349 g/mol. The molecule has 3 nitrogen and oxygen atoms in total. The second-order valence-corrected chi connectivity index (χ2v) is 6.62. The van der Waals surface area contributed by atoms with Crippen LogP contribution in [0.2, 0.25) is 0 Å². The predicted octanol–water partition coefficient (Wildman–Crippen LogP) is 4.20. The molecule has 0 fully saturated rings. The van der Waals surface area contributed by atoms with Crippen molar-refractivity contribution in [3.05, 3.63) is 40.9 Å². The molecule has 1 aliphatic rings. The second-order valence-electron chi connectivity index (χ2n) is 5.71. The standard InChI is InChI=1S/C17H20BrNO2/c1-11(2)16(20)14-5-3-4-6-15(14)17(21)19-13-9-7-12(18)8-10-13/h3-4,7-11,14-15H,5-6H2,1-2H3,(H,19,21). The molecule has 112 valence electrons. The Hall–Kier alpha value is -1.42. The average molecular weight is 350 g/mol. The van der Waals surface area contributed by atoms with Crippen LogP contribution in [0.1, 0.15) is 26.7 Å². The van der Waals surface area contributed by atoms with Crippen LogP contribution in [0.4, 0.5) is 5.69 Å². The van der Waals surface area contributed by atoms with Crippen molar-refractivity contribution in [3.63, 3.8) is 0 Å². The highest BCUT2D eigenvalue weighted by molar-refractivity contribution is 9.10. The summed E-state index contributed by atoms with van der Waals surface area (Å²) in [7, 11) is 0. The zero-order valence-electron chi connectivity index (χ0n) is 12.3. The first-order valence-electron chi connectivity index (χ1n) is 7.24. The number of rotatable bonds is 4. The molecule has 0 saturated heterocycles. The van der Waals surface area contributed by atoms with Crippen LogP contribution in [-0.4, -0.2) is 11.7 Å². The Kier molecular flexibility index (Phi) is 5.34. The van der Waals surface area contributed by atoms with Crippen molar-refractivity contribution in [2.45, 2.75) is 26.7 Å². The Morgan fingerprint density at radius 2 is 1.67 bits per heavy atom. The first-order chi connectivity index (χ1) is 9.99. The maximum Gasteiger partial charge on any atom is 0.228 e. The molecule has 4 heteroatoms. The minimum absolute atomic E-state index is 0.0375. The highest BCUT2D eigenvalue weighted by Gasteiger charge is 2.34. The summed E-state index contributed by atoms with van der Waals surface area (Å²) in [4.78, 5) is 24.8. The average Bonchev–Trinajstić information content (AvgIpc) is 2.48. The Morgan fingerprint density at radius 3 is 2.24 bits per heavy atom. The fourth-order valence-corrected chi connectivity index (χ4v) is 2.88. The minimum atomic E-state index is -0.270. The minimum Gasteiger partial charge on any atom is -0.326 e. The van der Waals surface area contributed by atoms with Gasteiger partial charge in [-0.25, -0.2) is 0 Å². The first-order valence-corrected chi connectivity index (χ1v) is 8.03. The van der Waals surface area contributed by atoms with Crippen LogP contribution in [0.25, 0.3) is 0 Å². The molecule has 0 spiro atoms. The highest BCUT2D eigenvalue weighted by atomic mass is 79.9. The Balaban J connectivity index is 2.10. The van der Waals surface area contributed by atoms with Crippen LogP contribution >= 0.6 is 15.9 Å². The Labute approximate surface area is 133 Å². The summed E-state index contributed by atoms with van der Waals surface area (Å²) in [6.07, 6.45) is 5.30. The second kappa shape index (κ2) is 7.03. The molecule has 1 aromatic carbocycles. The zero-order chi connectivity index (χ0) is 15.4. The summed E-state index contributed by atoms with van der Waals surface area (Å²) in [6, 6.07) is 7.46. The Morgan fingerprint density at radius 1 is 1.10 bits per heavy atom. The molecule has 1 aliphatic carbocycles. The van der Waals surface area contributed by atoms with Crippen molar-refractivity contribution in [1.29, 1.82) is 0 Å². The molecule has 0 aromatic heterocycles. The molecular formula is C17H20BrNO2. The van der Waals surface area contributed by atoms with Gasteiger partial charge in [-0.05, 0) is 37.1 Å². The third kappa shape index (κ3) is 4.03. The molecule has 0 heterocycles. The number of benzene rings is 1. The lowest BCUT2D eigenvalue weighted by atomic mass is 9.77. The smallest absolute Gasteiger partial charge is 0.228 e. The van der Waals surface area contributed by atoms with E-state index in [-0.39, 0.29) is 29.4 Å². The van der Waals surface area contributed by atoms with E-state index in [1.165, 1.54) is 0 Å². The fourth-order valence-electron chi connectivity index (χ4n) is 2.61. The third-order valence-electron chi connectivity index (χ3n) is 3.82. The maximum absolute atomic E-state index is 12.5. The predicted molar refractivity (Wildman–Crippen MR) is 88.0 cm³/mol. The van der Waals surface area contributed by atoms with Gasteiger partial charge in [-0.15, -0.1) is 0 Å². The van der Waals surface area contributed by atoms with Crippen molar-refractivity contribution in [3.8, 4) is 0 Å². The number of anilines is 1. The number of ketones is 1. The SMILES string of the molecule is CC(C)C(=O)C1CC=CCC1C(=O)Nc1ccc(Br)cc1. The van der Waals surface area contributed by atoms with E-state index in [4.69, 9.17) is 0 Å². The van der Waals surface area contributed by atoms with Gasteiger partial charge in [0, 0.05) is 22.0 Å². The molecule has 0 saturated carbocycles. The van der Waals surface area contributed by atoms with Gasteiger partial charge >= 0.3 is 0 Å². The number of amides is 1. The van der Waals surface area contributed by atoms with Crippen molar-refractivity contribution in [1.82, 2.24) is 0 Å². The highest BCUT2D eigenvalue weighted by Crippen LogP contribution is 2.30. The van der Waals surface area contributed by atoms with E-state index in [0.717, 1.165) is 10.2 Å². The largest absolute Gasteiger partial charge is 0.326 e. The number of halogens is 1. The van der Waals surface area contributed by atoms with Gasteiger partial charge in [0.15, 0.2) is 0 Å². The summed E-state index contributed by atoms with van der Waals surface area (Å²) < 4.78 is 0.967. The van der Waals surface area contributed by atoms with Gasteiger partial charge in [0.1, 0.15) is 5.78 Å². The molecule has 1 amide bonds. The molecule has 1 aromatic rings. The van der Waals surface area contributed by atoms with Gasteiger partial charge in [-0.1, -0.05) is 41.9 Å². The molecule has 2 rings (SSSR count). The molecule has 0 bridgehead atoms. The number of Topliss-reactive ketones (excluding diaryl/α,β-unsaturated/α-hetero) is 1. The summed E-state index contributed by atoms with van der Waals surface area (Å²) >= 11 is 3.37. The summed E-state index contributed by atoms with van der Waals surface area (Å²) in [5.41, 5.74) is 0.758. The number of hydrogen-bond donors (Lipinski definition) is 1. The van der Waals surface area contributed by atoms with Gasteiger partial charge in [0.2, 0.25) is 5.91 Å². The van der Waals surface area contributed by atoms with Crippen LogP contribution in [0.5, 0.6) is 0 Å². The number of carbonyl (C=O) groups excluding carboxylic acids is 2. The summed E-state index contributed by atoms with van der Waals surface area (Å²) in [5.74, 6) is -0.403. The van der Waals surface area contributed by atoms with E-state index in [9.17, 15) is 9.59 Å². The summed E-state index contributed by atoms with van der Waals surface area (Å²) in [6.45, 7) is 3.79. The molecule has 21 heavy (non-hydrogen) atoms. The molecular weight excluding hydrogens is 330 g/mol. The van der Waals surface area contributed by atoms with Crippen LogP contribution in [0.3, 0.4) is 0 Å². The van der Waals surface area contributed by atoms with Gasteiger partial charge in [0.05, 0.1) is 5.92 Å². The van der Waals surface area contributed by atoms with E-state index in [1.807, 2.05) is 50.3 Å². The van der Waals surface area contributed by atoms with E-state index < -0.39 is 0 Å². The number of carbonyl (C=O) groups is 2. The topological polar surface area (TPSA) is 46.2 Å². The lowest BCUT2D eigenvalue weighted by Crippen LogP contribution is -2.36. The third-order valence-corrected chi connectivity index (χ3v) is 4.34. The Bertz CT molecular complexity index is 548. The van der Waals surface area contributed by atoms with Crippen molar-refractivity contribution in [2.24, 2.45) is 17.8 Å². The van der Waals surface area contributed by atoms with Gasteiger partial charge in [0.25, 0.3) is 0 Å². The van der Waals surface area contributed by atoms with E-state index in [2.05, 4.69) is 21.2 Å². The molecule has 2 unspecified atom stereocenters. The van der Waals surface area contributed by atoms with Gasteiger partial charge < -0.3 is 5.32 Å². The van der Waals surface area contributed by atoms with E-state index in [1.54, 1.807) is 0 Å². The maximum atomic E-state index is 12.5. The lowest BCUT2D eigenvalue weighted by Gasteiger charge is -2.27. The van der Waals surface area contributed by atoms with Crippen LogP contribution < -0.4 is 5.32 Å². The first kappa shape index (κ1) is 16.0. The van der Waals surface area contributed by atoms with Crippen LogP contribution in [0, 0.1) is 17.8 Å². The van der Waals surface area contributed by atoms with E-state index >= 15 is 0 Å².